The quantitative estimate of drug-likeness (QED) is 0.444. The molecule has 0 aromatic carbocycles. The second-order valence-corrected chi connectivity index (χ2v) is 2.30. The van der Waals surface area contributed by atoms with Crippen molar-refractivity contribution in [3.05, 3.63) is 0 Å². The van der Waals surface area contributed by atoms with Gasteiger partial charge < -0.3 is 4.74 Å². The van der Waals surface area contributed by atoms with Gasteiger partial charge in [0.15, 0.2) is 0 Å². The van der Waals surface area contributed by atoms with E-state index in [0.29, 0.717) is 12.6 Å². The molecule has 1 fully saturated rings. The fourth-order valence-corrected chi connectivity index (χ4v) is 1.07. The van der Waals surface area contributed by atoms with Crippen molar-refractivity contribution in [2.24, 2.45) is 0 Å². The fraction of sp³-hybridized carbons (Fsp3) is 1.00. The van der Waals surface area contributed by atoms with Gasteiger partial charge in [0, 0.05) is 7.11 Å². The maximum absolute atomic E-state index is 5.45. The van der Waals surface area contributed by atoms with Crippen LogP contribution >= 0.6 is 11.6 Å². The zero-order chi connectivity index (χ0) is 7.40. The molecule has 0 aromatic rings. The van der Waals surface area contributed by atoms with Crippen LogP contribution in [-0.4, -0.2) is 32.0 Å². The Hall–Kier alpha value is 0.130. The van der Waals surface area contributed by atoms with E-state index < -0.39 is 0 Å². The molecule has 1 heterocycles. The van der Waals surface area contributed by atoms with Crippen LogP contribution in [0.5, 0.6) is 0 Å². The Labute approximate surface area is 64.8 Å². The topological polar surface area (TPSA) is 42.5 Å². The summed E-state index contributed by atoms with van der Waals surface area (Å²) >= 11 is 5.45. The van der Waals surface area contributed by atoms with Crippen LogP contribution < -0.4 is 10.8 Å². The van der Waals surface area contributed by atoms with Gasteiger partial charge in [0.05, 0.1) is 18.7 Å². The highest BCUT2D eigenvalue weighted by Crippen LogP contribution is 2.02. The number of alkyl halides is 1. The van der Waals surface area contributed by atoms with Gasteiger partial charge in [-0.05, 0) is 0 Å². The number of halogens is 1. The summed E-state index contributed by atoms with van der Waals surface area (Å²) in [4.78, 5) is 4.92. The van der Waals surface area contributed by atoms with Crippen LogP contribution in [0.1, 0.15) is 0 Å². The molecular formula is C5H11ClN2O2. The second-order valence-electron chi connectivity index (χ2n) is 2.03. The van der Waals surface area contributed by atoms with Crippen molar-refractivity contribution in [3.63, 3.8) is 0 Å². The van der Waals surface area contributed by atoms with E-state index in [0.717, 1.165) is 0 Å². The molecule has 0 amide bonds. The summed E-state index contributed by atoms with van der Waals surface area (Å²) in [6.07, 6.45) is -0.0845. The largest absolute Gasteiger partial charge is 0.363 e. The minimum Gasteiger partial charge on any atom is -0.363 e. The Kier molecular flexibility index (Phi) is 3.37. The summed E-state index contributed by atoms with van der Waals surface area (Å²) in [5.74, 6) is 0. The number of nitrogens with one attached hydrogen (secondary N) is 2. The molecule has 2 unspecified atom stereocenters. The van der Waals surface area contributed by atoms with Crippen molar-refractivity contribution < 1.29 is 9.57 Å². The standard InChI is InChI=1S/C5H11ClN2O2/c1-9-5-4(7-3-6)2-10-8-5/h4-5,7-8H,2-3H2,1H3. The average Bonchev–Trinajstić information content (AvgIpc) is 2.36. The molecule has 0 aliphatic carbocycles. The smallest absolute Gasteiger partial charge is 0.147 e. The maximum Gasteiger partial charge on any atom is 0.147 e. The lowest BCUT2D eigenvalue weighted by molar-refractivity contribution is -0.00310. The molecule has 0 radical (unpaired) electrons. The predicted molar refractivity (Wildman–Crippen MR) is 37.5 cm³/mol. The molecule has 1 saturated heterocycles. The number of ether oxygens (including phenoxy) is 1. The Bertz CT molecular complexity index is 104. The molecule has 1 aliphatic heterocycles. The van der Waals surface area contributed by atoms with E-state index in [1.807, 2.05) is 0 Å². The first-order chi connectivity index (χ1) is 4.88. The highest BCUT2D eigenvalue weighted by Gasteiger charge is 2.26. The zero-order valence-corrected chi connectivity index (χ0v) is 6.52. The van der Waals surface area contributed by atoms with E-state index >= 15 is 0 Å². The third kappa shape index (κ3) is 1.81. The first-order valence-electron chi connectivity index (χ1n) is 3.08. The van der Waals surface area contributed by atoms with E-state index in [-0.39, 0.29) is 12.3 Å². The highest BCUT2D eigenvalue weighted by molar-refractivity contribution is 6.17. The molecule has 2 N–H and O–H groups in total. The first-order valence-corrected chi connectivity index (χ1v) is 3.61. The summed E-state index contributed by atoms with van der Waals surface area (Å²) in [6.45, 7) is 0.589. The van der Waals surface area contributed by atoms with Crippen LogP contribution in [0.2, 0.25) is 0 Å². The van der Waals surface area contributed by atoms with Crippen molar-refractivity contribution in [1.29, 1.82) is 0 Å². The summed E-state index contributed by atoms with van der Waals surface area (Å²) in [6, 6.07) is 0.567. The third-order valence-corrected chi connectivity index (χ3v) is 1.58. The van der Waals surface area contributed by atoms with Crippen molar-refractivity contribution in [1.82, 2.24) is 10.8 Å². The molecule has 1 aliphatic rings. The predicted octanol–water partition coefficient (Wildman–Crippen LogP) is -0.352. The van der Waals surface area contributed by atoms with Crippen LogP contribution in [-0.2, 0) is 9.57 Å². The summed E-state index contributed by atoms with van der Waals surface area (Å²) in [5, 5.41) is 3.00. The zero-order valence-electron chi connectivity index (χ0n) is 5.76. The lowest BCUT2D eigenvalue weighted by atomic mass is 10.3. The van der Waals surface area contributed by atoms with Crippen molar-refractivity contribution in [3.8, 4) is 0 Å². The van der Waals surface area contributed by atoms with Crippen LogP contribution in [0.3, 0.4) is 0 Å². The molecule has 10 heavy (non-hydrogen) atoms. The van der Waals surface area contributed by atoms with Gasteiger partial charge in [0.25, 0.3) is 0 Å². The van der Waals surface area contributed by atoms with Gasteiger partial charge in [0.1, 0.15) is 6.23 Å². The van der Waals surface area contributed by atoms with Gasteiger partial charge in [-0.25, -0.2) is 0 Å². The number of hydrogen-bond acceptors (Lipinski definition) is 4. The van der Waals surface area contributed by atoms with Gasteiger partial charge in [-0.15, -0.1) is 11.6 Å². The summed E-state index contributed by atoms with van der Waals surface area (Å²) in [7, 11) is 1.62. The maximum atomic E-state index is 5.45. The summed E-state index contributed by atoms with van der Waals surface area (Å²) < 4.78 is 5.02. The third-order valence-electron chi connectivity index (χ3n) is 1.42. The minimum atomic E-state index is -0.0845. The Morgan fingerprint density at radius 2 is 2.70 bits per heavy atom. The molecule has 60 valence electrons. The van der Waals surface area contributed by atoms with E-state index in [4.69, 9.17) is 21.2 Å². The highest BCUT2D eigenvalue weighted by atomic mass is 35.5. The van der Waals surface area contributed by atoms with Crippen molar-refractivity contribution in [2.75, 3.05) is 19.7 Å². The molecule has 4 nitrogen and oxygen atoms in total. The van der Waals surface area contributed by atoms with Crippen LogP contribution in [0.15, 0.2) is 0 Å². The lowest BCUT2D eigenvalue weighted by Gasteiger charge is -2.14. The number of hydrogen-bond donors (Lipinski definition) is 2. The van der Waals surface area contributed by atoms with Crippen LogP contribution in [0.4, 0.5) is 0 Å². The van der Waals surface area contributed by atoms with Gasteiger partial charge in [-0.3, -0.25) is 10.2 Å². The van der Waals surface area contributed by atoms with E-state index in [9.17, 15) is 0 Å². The minimum absolute atomic E-state index is 0.0845. The molecule has 2 atom stereocenters. The Balaban J connectivity index is 2.27. The van der Waals surface area contributed by atoms with Crippen LogP contribution in [0, 0.1) is 0 Å². The molecule has 0 spiro atoms. The lowest BCUT2D eigenvalue weighted by Crippen LogP contribution is -2.42. The number of hydroxylamine groups is 1. The van der Waals surface area contributed by atoms with E-state index in [1.54, 1.807) is 7.11 Å². The first kappa shape index (κ1) is 8.23. The van der Waals surface area contributed by atoms with Crippen molar-refractivity contribution in [2.45, 2.75) is 12.3 Å². The van der Waals surface area contributed by atoms with E-state index in [2.05, 4.69) is 10.8 Å². The Morgan fingerprint density at radius 3 is 3.30 bits per heavy atom. The normalized spacial score (nSPS) is 33.0. The fourth-order valence-electron chi connectivity index (χ4n) is 0.867. The second kappa shape index (κ2) is 4.10. The molecule has 1 rings (SSSR count). The number of rotatable bonds is 3. The number of methoxy groups -OCH3 is 1. The van der Waals surface area contributed by atoms with Gasteiger partial charge in [-0.1, -0.05) is 0 Å². The molecule has 0 aromatic heterocycles. The molecule has 0 saturated carbocycles. The average molecular weight is 167 g/mol. The monoisotopic (exact) mass is 166 g/mol. The van der Waals surface area contributed by atoms with Gasteiger partial charge in [-0.2, -0.15) is 5.48 Å². The van der Waals surface area contributed by atoms with Gasteiger partial charge in [0.2, 0.25) is 0 Å². The van der Waals surface area contributed by atoms with Crippen LogP contribution in [0.25, 0.3) is 0 Å². The summed E-state index contributed by atoms with van der Waals surface area (Å²) in [5.41, 5.74) is 2.70. The van der Waals surface area contributed by atoms with Gasteiger partial charge >= 0.3 is 0 Å². The molecule has 5 heteroatoms. The Morgan fingerprint density at radius 1 is 1.90 bits per heavy atom. The SMILES string of the molecule is COC1NOCC1NCCl. The van der Waals surface area contributed by atoms with Crippen molar-refractivity contribution >= 4 is 11.6 Å². The molecular weight excluding hydrogens is 156 g/mol. The van der Waals surface area contributed by atoms with E-state index in [1.165, 1.54) is 0 Å². The molecule has 0 bridgehead atoms.